The molecule has 2 saturated heterocycles. The number of amides is 2. The highest BCUT2D eigenvalue weighted by Crippen LogP contribution is 2.17. The van der Waals surface area contributed by atoms with E-state index in [1.807, 2.05) is 6.07 Å². The first-order valence-corrected chi connectivity index (χ1v) is 13.3. The minimum atomic E-state index is -0.236. The highest BCUT2D eigenvalue weighted by Gasteiger charge is 2.26. The van der Waals surface area contributed by atoms with E-state index in [1.54, 1.807) is 46.4 Å². The Morgan fingerprint density at radius 1 is 1.05 bits per heavy atom. The van der Waals surface area contributed by atoms with Crippen LogP contribution in [-0.4, -0.2) is 98.3 Å². The van der Waals surface area contributed by atoms with Gasteiger partial charge >= 0.3 is 0 Å². The second-order valence-corrected chi connectivity index (χ2v) is 9.79. The van der Waals surface area contributed by atoms with Crippen molar-refractivity contribution in [2.75, 3.05) is 65.7 Å². The number of halogens is 1. The predicted octanol–water partition coefficient (Wildman–Crippen LogP) is 3.07. The molecule has 0 aliphatic carbocycles. The number of ether oxygens (including phenoxy) is 3. The summed E-state index contributed by atoms with van der Waals surface area (Å²) in [6.45, 7) is 5.83. The van der Waals surface area contributed by atoms with Gasteiger partial charge in [-0.2, -0.15) is 0 Å². The highest BCUT2D eigenvalue weighted by molar-refractivity contribution is 6.30. The second kappa shape index (κ2) is 14.4. The Morgan fingerprint density at radius 3 is 2.57 bits per heavy atom. The Morgan fingerprint density at radius 2 is 1.86 bits per heavy atom. The van der Waals surface area contributed by atoms with Crippen molar-refractivity contribution in [1.29, 1.82) is 0 Å². The first-order chi connectivity index (χ1) is 18.1. The van der Waals surface area contributed by atoms with Gasteiger partial charge in [0.2, 0.25) is 5.91 Å². The summed E-state index contributed by atoms with van der Waals surface area (Å²) in [7, 11) is 0. The zero-order valence-corrected chi connectivity index (χ0v) is 21.9. The van der Waals surface area contributed by atoms with Crippen LogP contribution in [0.5, 0.6) is 5.75 Å². The van der Waals surface area contributed by atoms with Crippen molar-refractivity contribution in [3.05, 3.63) is 53.4 Å². The molecule has 0 spiro atoms. The Balaban J connectivity index is 1.38. The van der Waals surface area contributed by atoms with Crippen molar-refractivity contribution in [2.24, 2.45) is 0 Å². The van der Waals surface area contributed by atoms with Crippen LogP contribution < -0.4 is 4.74 Å². The van der Waals surface area contributed by atoms with E-state index in [0.29, 0.717) is 42.8 Å². The average molecular weight is 534 g/mol. The lowest BCUT2D eigenvalue weighted by Gasteiger charge is -2.30. The standard InChI is InChI=1S/C27H36ClN3O6/c28-22-6-8-23(9-7-22)37-21-27(33)30(11-3-10-29-12-16-34-17-13-29)20-26(32)31(18-24-4-1-14-35-24)19-25-5-2-15-36-25/h1,4,6-9,14,25H,2-3,5,10-13,15-21H2. The van der Waals surface area contributed by atoms with Crippen molar-refractivity contribution in [1.82, 2.24) is 14.7 Å². The molecule has 0 N–H and O–H groups in total. The molecule has 1 atom stereocenters. The number of benzene rings is 1. The summed E-state index contributed by atoms with van der Waals surface area (Å²) in [6.07, 6.45) is 4.25. The summed E-state index contributed by atoms with van der Waals surface area (Å²) in [4.78, 5) is 32.4. The zero-order chi connectivity index (χ0) is 25.9. The monoisotopic (exact) mass is 533 g/mol. The van der Waals surface area contributed by atoms with Crippen LogP contribution in [-0.2, 0) is 25.6 Å². The van der Waals surface area contributed by atoms with Crippen molar-refractivity contribution in [3.63, 3.8) is 0 Å². The molecule has 0 saturated carbocycles. The van der Waals surface area contributed by atoms with Crippen LogP contribution in [0.4, 0.5) is 0 Å². The van der Waals surface area contributed by atoms with Gasteiger partial charge in [-0.15, -0.1) is 0 Å². The van der Waals surface area contributed by atoms with Crippen LogP contribution in [0.1, 0.15) is 25.0 Å². The van der Waals surface area contributed by atoms with Gasteiger partial charge in [-0.25, -0.2) is 0 Å². The molecule has 1 aromatic carbocycles. The number of morpholine rings is 1. The predicted molar refractivity (Wildman–Crippen MR) is 139 cm³/mol. The van der Waals surface area contributed by atoms with Gasteiger partial charge in [0.1, 0.15) is 11.5 Å². The van der Waals surface area contributed by atoms with E-state index < -0.39 is 0 Å². The molecule has 2 aromatic rings. The smallest absolute Gasteiger partial charge is 0.260 e. The first kappa shape index (κ1) is 27.4. The Kier molecular flexibility index (Phi) is 10.7. The van der Waals surface area contributed by atoms with Crippen LogP contribution in [0, 0.1) is 0 Å². The molecular weight excluding hydrogens is 498 g/mol. The fourth-order valence-electron chi connectivity index (χ4n) is 4.51. The molecular formula is C27H36ClN3O6. The molecule has 2 aliphatic heterocycles. The van der Waals surface area contributed by atoms with Crippen LogP contribution in [0.2, 0.25) is 5.02 Å². The number of carbonyl (C=O) groups is 2. The van der Waals surface area contributed by atoms with E-state index in [4.69, 9.17) is 30.2 Å². The number of hydrogen-bond donors (Lipinski definition) is 0. The fraction of sp³-hybridized carbons (Fsp3) is 0.556. The van der Waals surface area contributed by atoms with E-state index >= 15 is 0 Å². The third kappa shape index (κ3) is 9.03. The molecule has 2 aliphatic rings. The van der Waals surface area contributed by atoms with Crippen molar-refractivity contribution in [2.45, 2.75) is 31.9 Å². The molecule has 9 nitrogen and oxygen atoms in total. The minimum Gasteiger partial charge on any atom is -0.484 e. The number of rotatable bonds is 13. The Hall–Kier alpha value is -2.59. The van der Waals surface area contributed by atoms with Crippen molar-refractivity contribution < 1.29 is 28.2 Å². The molecule has 4 rings (SSSR count). The minimum absolute atomic E-state index is 0.00220. The number of carbonyl (C=O) groups excluding carboxylic acids is 2. The molecule has 0 radical (unpaired) electrons. The topological polar surface area (TPSA) is 84.7 Å². The van der Waals surface area contributed by atoms with Crippen molar-refractivity contribution >= 4 is 23.4 Å². The van der Waals surface area contributed by atoms with Gasteiger partial charge in [-0.1, -0.05) is 11.6 Å². The average Bonchev–Trinajstić information content (AvgIpc) is 3.62. The van der Waals surface area contributed by atoms with E-state index in [0.717, 1.165) is 52.1 Å². The molecule has 2 fully saturated rings. The maximum absolute atomic E-state index is 13.5. The van der Waals surface area contributed by atoms with Gasteiger partial charge in [0.15, 0.2) is 6.61 Å². The summed E-state index contributed by atoms with van der Waals surface area (Å²) in [5.74, 6) is 0.872. The van der Waals surface area contributed by atoms with Gasteiger partial charge in [-0.05, 0) is 55.7 Å². The van der Waals surface area contributed by atoms with Gasteiger partial charge in [-0.3, -0.25) is 14.5 Å². The summed E-state index contributed by atoms with van der Waals surface area (Å²) >= 11 is 5.94. The molecule has 1 aromatic heterocycles. The lowest BCUT2D eigenvalue weighted by Crippen LogP contribution is -2.47. The number of nitrogens with zero attached hydrogens (tertiary/aromatic N) is 3. The molecule has 10 heteroatoms. The lowest BCUT2D eigenvalue weighted by molar-refractivity contribution is -0.143. The summed E-state index contributed by atoms with van der Waals surface area (Å²) < 4.78 is 22.4. The van der Waals surface area contributed by atoms with E-state index in [2.05, 4.69) is 4.90 Å². The third-order valence-electron chi connectivity index (χ3n) is 6.59. The fourth-order valence-corrected chi connectivity index (χ4v) is 4.64. The third-order valence-corrected chi connectivity index (χ3v) is 6.84. The SMILES string of the molecule is O=C(COc1ccc(Cl)cc1)N(CCCN1CCOCC1)CC(=O)N(Cc1ccco1)CC1CCCO1. The van der Waals surface area contributed by atoms with Gasteiger partial charge < -0.3 is 28.4 Å². The summed E-state index contributed by atoms with van der Waals surface area (Å²) in [6, 6.07) is 10.5. The molecule has 202 valence electrons. The Bertz CT molecular complexity index is 959. The van der Waals surface area contributed by atoms with Gasteiger partial charge in [0.05, 0.1) is 38.7 Å². The van der Waals surface area contributed by atoms with Gasteiger partial charge in [0.25, 0.3) is 5.91 Å². The lowest BCUT2D eigenvalue weighted by atomic mass is 10.2. The Labute approximate surface area is 223 Å². The van der Waals surface area contributed by atoms with Crippen LogP contribution in [0.25, 0.3) is 0 Å². The molecule has 37 heavy (non-hydrogen) atoms. The first-order valence-electron chi connectivity index (χ1n) is 12.9. The second-order valence-electron chi connectivity index (χ2n) is 9.35. The highest BCUT2D eigenvalue weighted by atomic mass is 35.5. The maximum atomic E-state index is 13.5. The summed E-state index contributed by atoms with van der Waals surface area (Å²) in [5, 5.41) is 0.594. The van der Waals surface area contributed by atoms with Crippen molar-refractivity contribution in [3.8, 4) is 5.75 Å². The molecule has 0 bridgehead atoms. The maximum Gasteiger partial charge on any atom is 0.260 e. The number of furan rings is 1. The van der Waals surface area contributed by atoms with Crippen LogP contribution in [0.15, 0.2) is 47.1 Å². The zero-order valence-electron chi connectivity index (χ0n) is 21.2. The molecule has 2 amide bonds. The van der Waals surface area contributed by atoms with Crippen LogP contribution >= 0.6 is 11.6 Å². The number of hydrogen-bond acceptors (Lipinski definition) is 7. The van der Waals surface area contributed by atoms with E-state index in [9.17, 15) is 9.59 Å². The molecule has 1 unspecified atom stereocenters. The molecule has 3 heterocycles. The van der Waals surface area contributed by atoms with Crippen LogP contribution in [0.3, 0.4) is 0 Å². The summed E-state index contributed by atoms with van der Waals surface area (Å²) in [5.41, 5.74) is 0. The van der Waals surface area contributed by atoms with E-state index in [1.165, 1.54) is 0 Å². The largest absolute Gasteiger partial charge is 0.484 e. The normalized spacial score (nSPS) is 18.0. The van der Waals surface area contributed by atoms with Gasteiger partial charge in [0, 0.05) is 44.4 Å². The van der Waals surface area contributed by atoms with E-state index in [-0.39, 0.29) is 31.1 Å². The quantitative estimate of drug-likeness (QED) is 0.391.